The second-order valence-corrected chi connectivity index (χ2v) is 4.84. The summed E-state index contributed by atoms with van der Waals surface area (Å²) in [7, 11) is 0. The van der Waals surface area contributed by atoms with Gasteiger partial charge in [0.05, 0.1) is 11.3 Å². The highest BCUT2D eigenvalue weighted by molar-refractivity contribution is 5.96. The molecule has 0 bridgehead atoms. The number of halogens is 3. The van der Waals surface area contributed by atoms with Gasteiger partial charge in [-0.2, -0.15) is 13.2 Å². The van der Waals surface area contributed by atoms with E-state index in [2.05, 4.69) is 0 Å². The third-order valence-electron chi connectivity index (χ3n) is 3.73. The van der Waals surface area contributed by atoms with Gasteiger partial charge in [-0.05, 0) is 24.5 Å². The fraction of sp³-hybridized carbons (Fsp3) is 0.417. The standard InChI is InChI=1S/C12H10F3NO2/c13-12(14,15)16-6-11(4-5-11)8-3-1-2-7(9(8)16)10(17)18/h1-3H,4-6H2,(H,17,18). The molecule has 1 aromatic carbocycles. The lowest BCUT2D eigenvalue weighted by molar-refractivity contribution is -0.128. The van der Waals surface area contributed by atoms with Crippen molar-refractivity contribution in [1.82, 2.24) is 0 Å². The van der Waals surface area contributed by atoms with Gasteiger partial charge in [0.15, 0.2) is 0 Å². The predicted molar refractivity (Wildman–Crippen MR) is 57.7 cm³/mol. The minimum absolute atomic E-state index is 0.157. The highest BCUT2D eigenvalue weighted by atomic mass is 19.4. The van der Waals surface area contributed by atoms with Crippen molar-refractivity contribution in [2.75, 3.05) is 11.4 Å². The fourth-order valence-corrected chi connectivity index (χ4v) is 2.70. The van der Waals surface area contributed by atoms with Crippen LogP contribution in [-0.4, -0.2) is 23.9 Å². The van der Waals surface area contributed by atoms with Gasteiger partial charge in [0.2, 0.25) is 0 Å². The first-order valence-electron chi connectivity index (χ1n) is 5.56. The van der Waals surface area contributed by atoms with Gasteiger partial charge in [0.25, 0.3) is 0 Å². The van der Waals surface area contributed by atoms with Gasteiger partial charge in [-0.25, -0.2) is 4.79 Å². The van der Waals surface area contributed by atoms with E-state index < -0.39 is 17.7 Å². The number of carbonyl (C=O) groups is 1. The Balaban J connectivity index is 2.21. The summed E-state index contributed by atoms with van der Waals surface area (Å²) in [5, 5.41) is 9.03. The number of hydrogen-bond donors (Lipinski definition) is 1. The van der Waals surface area contributed by atoms with E-state index in [-0.39, 0.29) is 22.7 Å². The van der Waals surface area contributed by atoms with Crippen molar-refractivity contribution >= 4 is 11.7 Å². The maximum Gasteiger partial charge on any atom is 0.484 e. The van der Waals surface area contributed by atoms with E-state index in [1.54, 1.807) is 6.07 Å². The number of nitrogens with zero attached hydrogens (tertiary/aromatic N) is 1. The number of fused-ring (bicyclic) bond motifs is 2. The molecule has 1 saturated carbocycles. The van der Waals surface area contributed by atoms with E-state index >= 15 is 0 Å². The highest BCUT2D eigenvalue weighted by Gasteiger charge is 2.58. The Morgan fingerprint density at radius 3 is 2.50 bits per heavy atom. The van der Waals surface area contributed by atoms with Gasteiger partial charge >= 0.3 is 12.3 Å². The number of anilines is 1. The van der Waals surface area contributed by atoms with Crippen molar-refractivity contribution in [3.05, 3.63) is 29.3 Å². The summed E-state index contributed by atoms with van der Waals surface area (Å²) in [6.07, 6.45) is -3.16. The van der Waals surface area contributed by atoms with Gasteiger partial charge < -0.3 is 5.11 Å². The maximum atomic E-state index is 13.0. The summed E-state index contributed by atoms with van der Waals surface area (Å²) >= 11 is 0. The molecule has 1 N–H and O–H groups in total. The molecular weight excluding hydrogens is 247 g/mol. The van der Waals surface area contributed by atoms with Gasteiger partial charge in [-0.1, -0.05) is 12.1 Å². The predicted octanol–water partition coefficient (Wildman–Crippen LogP) is 2.76. The summed E-state index contributed by atoms with van der Waals surface area (Å²) in [5.74, 6) is -1.32. The van der Waals surface area contributed by atoms with Crippen LogP contribution in [-0.2, 0) is 5.41 Å². The molecule has 1 heterocycles. The summed E-state index contributed by atoms with van der Waals surface area (Å²) in [5.41, 5.74) is -0.389. The number of carboxylic acids is 1. The van der Waals surface area contributed by atoms with Gasteiger partial charge in [0.1, 0.15) is 0 Å². The zero-order valence-corrected chi connectivity index (χ0v) is 9.29. The molecule has 1 aliphatic carbocycles. The first-order chi connectivity index (χ1) is 8.35. The maximum absolute atomic E-state index is 13.0. The molecule has 1 fully saturated rings. The Morgan fingerprint density at radius 1 is 1.33 bits per heavy atom. The van der Waals surface area contributed by atoms with Crippen LogP contribution in [0.5, 0.6) is 0 Å². The van der Waals surface area contributed by atoms with E-state index in [4.69, 9.17) is 5.11 Å². The molecule has 96 valence electrons. The molecule has 0 radical (unpaired) electrons. The molecule has 18 heavy (non-hydrogen) atoms. The molecule has 0 saturated heterocycles. The molecule has 3 rings (SSSR count). The fourth-order valence-electron chi connectivity index (χ4n) is 2.70. The van der Waals surface area contributed by atoms with Crippen molar-refractivity contribution < 1.29 is 23.1 Å². The van der Waals surface area contributed by atoms with Crippen molar-refractivity contribution in [2.24, 2.45) is 0 Å². The second-order valence-electron chi connectivity index (χ2n) is 4.84. The zero-order chi connectivity index (χ0) is 13.1. The molecule has 0 unspecified atom stereocenters. The Morgan fingerprint density at radius 2 is 2.00 bits per heavy atom. The van der Waals surface area contributed by atoms with Crippen LogP contribution in [0.25, 0.3) is 0 Å². The lowest BCUT2D eigenvalue weighted by Crippen LogP contribution is -2.38. The highest BCUT2D eigenvalue weighted by Crippen LogP contribution is 2.59. The van der Waals surface area contributed by atoms with Crippen LogP contribution < -0.4 is 4.90 Å². The van der Waals surface area contributed by atoms with Gasteiger partial charge in [-0.15, -0.1) is 0 Å². The molecule has 2 aliphatic rings. The van der Waals surface area contributed by atoms with Crippen LogP contribution in [0.1, 0.15) is 28.8 Å². The average molecular weight is 257 g/mol. The van der Waals surface area contributed by atoms with Crippen molar-refractivity contribution in [1.29, 1.82) is 0 Å². The molecule has 0 aromatic heterocycles. The summed E-state index contributed by atoms with van der Waals surface area (Å²) in [6.45, 7) is -0.157. The minimum atomic E-state index is -4.54. The van der Waals surface area contributed by atoms with Crippen LogP contribution >= 0.6 is 0 Å². The van der Waals surface area contributed by atoms with E-state index in [9.17, 15) is 18.0 Å². The van der Waals surface area contributed by atoms with Gasteiger partial charge in [0, 0.05) is 12.0 Å². The number of benzene rings is 1. The summed E-state index contributed by atoms with van der Waals surface area (Å²) in [4.78, 5) is 11.3. The molecule has 1 aliphatic heterocycles. The molecule has 3 nitrogen and oxygen atoms in total. The first kappa shape index (κ1) is 11.4. The molecule has 1 spiro atoms. The molecular formula is C12H10F3NO2. The summed E-state index contributed by atoms with van der Waals surface area (Å²) < 4.78 is 39.0. The molecule has 0 atom stereocenters. The Kier molecular flexibility index (Phi) is 2.01. The van der Waals surface area contributed by atoms with E-state index in [1.807, 2.05) is 0 Å². The molecule has 6 heteroatoms. The lowest BCUT2D eigenvalue weighted by Gasteiger charge is -2.23. The number of carboxylic acid groups (broad SMARTS) is 1. The second kappa shape index (κ2) is 3.18. The van der Waals surface area contributed by atoms with Crippen LogP contribution in [0.2, 0.25) is 0 Å². The topological polar surface area (TPSA) is 40.5 Å². The number of rotatable bonds is 1. The van der Waals surface area contributed by atoms with Crippen LogP contribution in [0.4, 0.5) is 18.9 Å². The smallest absolute Gasteiger partial charge is 0.478 e. The minimum Gasteiger partial charge on any atom is -0.478 e. The summed E-state index contributed by atoms with van der Waals surface area (Å²) in [6, 6.07) is 4.35. The molecule has 0 amide bonds. The van der Waals surface area contributed by atoms with Crippen LogP contribution in [0.15, 0.2) is 18.2 Å². The number of para-hydroxylation sites is 1. The Hall–Kier alpha value is -1.72. The Bertz CT molecular complexity index is 535. The third kappa shape index (κ3) is 1.41. The number of hydrogen-bond acceptors (Lipinski definition) is 2. The van der Waals surface area contributed by atoms with Crippen molar-refractivity contribution in [3.8, 4) is 0 Å². The first-order valence-corrected chi connectivity index (χ1v) is 5.56. The largest absolute Gasteiger partial charge is 0.484 e. The average Bonchev–Trinajstić information content (AvgIpc) is 2.95. The normalized spacial score (nSPS) is 20.1. The van der Waals surface area contributed by atoms with Crippen molar-refractivity contribution in [3.63, 3.8) is 0 Å². The molecule has 1 aromatic rings. The number of alkyl halides is 3. The van der Waals surface area contributed by atoms with Gasteiger partial charge in [-0.3, -0.25) is 4.90 Å². The van der Waals surface area contributed by atoms with E-state index in [0.717, 1.165) is 0 Å². The third-order valence-corrected chi connectivity index (χ3v) is 3.73. The monoisotopic (exact) mass is 257 g/mol. The zero-order valence-electron chi connectivity index (χ0n) is 9.29. The number of aromatic carboxylic acids is 1. The quantitative estimate of drug-likeness (QED) is 0.786. The van der Waals surface area contributed by atoms with Crippen molar-refractivity contribution in [2.45, 2.75) is 24.6 Å². The lowest BCUT2D eigenvalue weighted by atomic mass is 9.96. The van der Waals surface area contributed by atoms with Crippen LogP contribution in [0, 0.1) is 0 Å². The Labute approximate surface area is 101 Å². The van der Waals surface area contributed by atoms with E-state index in [1.165, 1.54) is 12.1 Å². The SMILES string of the molecule is O=C(O)c1cccc2c1N(C(F)(F)F)CC21CC1. The van der Waals surface area contributed by atoms with Crippen LogP contribution in [0.3, 0.4) is 0 Å². The van der Waals surface area contributed by atoms with E-state index in [0.29, 0.717) is 18.4 Å².